The fourth-order valence-electron chi connectivity index (χ4n) is 4.61. The lowest BCUT2D eigenvalue weighted by atomic mass is 9.99. The number of nitrogens with zero attached hydrogens (tertiary/aromatic N) is 4. The molecule has 12 heteroatoms. The first kappa shape index (κ1) is 25.7. The lowest BCUT2D eigenvalue weighted by Gasteiger charge is -2.20. The van der Waals surface area contributed by atoms with Gasteiger partial charge in [-0.1, -0.05) is 12.1 Å². The highest BCUT2D eigenvalue weighted by Crippen LogP contribution is 2.41. The molecule has 0 spiro atoms. The minimum Gasteiger partial charge on any atom is -0.463 e. The van der Waals surface area contributed by atoms with E-state index in [1.165, 1.54) is 31.4 Å². The highest BCUT2D eigenvalue weighted by molar-refractivity contribution is 5.93. The zero-order chi connectivity index (χ0) is 27.2. The molecule has 38 heavy (non-hydrogen) atoms. The number of alkyl halides is 3. The molecule has 1 aliphatic heterocycles. The number of aromatic nitrogens is 3. The number of hydrogen-bond acceptors (Lipinski definition) is 5. The zero-order valence-electron chi connectivity index (χ0n) is 20.8. The molecule has 200 valence electrons. The van der Waals surface area contributed by atoms with Crippen molar-refractivity contribution in [1.29, 1.82) is 5.41 Å². The van der Waals surface area contributed by atoms with Crippen LogP contribution < -0.4 is 5.32 Å². The number of aryl methyl sites for hydroxylation is 2. The number of ether oxygens (including phenoxy) is 1. The number of pyridine rings is 1. The van der Waals surface area contributed by atoms with Crippen molar-refractivity contribution in [3.63, 3.8) is 0 Å². The van der Waals surface area contributed by atoms with Gasteiger partial charge >= 0.3 is 6.18 Å². The topological polar surface area (TPSA) is 96.1 Å². The quantitative estimate of drug-likeness (QED) is 0.436. The summed E-state index contributed by atoms with van der Waals surface area (Å²) >= 11 is 0. The number of nitrogens with one attached hydrogen (secondary N) is 2. The van der Waals surface area contributed by atoms with Crippen LogP contribution in [0.15, 0.2) is 36.5 Å². The van der Waals surface area contributed by atoms with Crippen LogP contribution in [0.1, 0.15) is 51.8 Å². The van der Waals surface area contributed by atoms with Crippen LogP contribution >= 0.6 is 0 Å². The number of benzene rings is 1. The maximum absolute atomic E-state index is 13.9. The summed E-state index contributed by atoms with van der Waals surface area (Å²) in [5.74, 6) is -0.733. The fourth-order valence-corrected chi connectivity index (χ4v) is 4.61. The third kappa shape index (κ3) is 5.34. The lowest BCUT2D eigenvalue weighted by Crippen LogP contribution is -2.31. The molecular weight excluding hydrogens is 504 g/mol. The molecule has 2 fully saturated rings. The minimum absolute atomic E-state index is 0.0489. The number of carbonyl (C=O) groups is 1. The summed E-state index contributed by atoms with van der Waals surface area (Å²) < 4.78 is 61.3. The van der Waals surface area contributed by atoms with Gasteiger partial charge in [0.25, 0.3) is 11.9 Å². The smallest absolute Gasteiger partial charge is 0.435 e. The number of rotatable bonds is 7. The molecule has 8 nitrogen and oxygen atoms in total. The SMILES string of the molecule is Cc1cc([C@@H](NC(=O)c2cc(CN3CCOC3=N)cc(-c3cn(C)nc3C(F)(F)F)n2)C2CC2)ccc1F. The van der Waals surface area contributed by atoms with Gasteiger partial charge < -0.3 is 15.0 Å². The summed E-state index contributed by atoms with van der Waals surface area (Å²) in [5.41, 5.74) is 0.225. The van der Waals surface area contributed by atoms with Crippen LogP contribution in [-0.4, -0.2) is 44.7 Å². The highest BCUT2D eigenvalue weighted by atomic mass is 19.4. The maximum Gasteiger partial charge on any atom is 0.435 e. The fraction of sp³-hybridized carbons (Fsp3) is 0.385. The summed E-state index contributed by atoms with van der Waals surface area (Å²) in [6, 6.07) is 7.22. The van der Waals surface area contributed by atoms with Gasteiger partial charge in [0, 0.05) is 19.8 Å². The van der Waals surface area contributed by atoms with Crippen LogP contribution in [0, 0.1) is 24.1 Å². The molecule has 0 bridgehead atoms. The molecule has 0 unspecified atom stereocenters. The van der Waals surface area contributed by atoms with E-state index in [1.54, 1.807) is 24.0 Å². The van der Waals surface area contributed by atoms with Crippen molar-refractivity contribution >= 4 is 11.9 Å². The number of hydrogen-bond donors (Lipinski definition) is 2. The van der Waals surface area contributed by atoms with Crippen LogP contribution in [-0.2, 0) is 24.5 Å². The second-order valence-corrected chi connectivity index (χ2v) is 9.68. The van der Waals surface area contributed by atoms with E-state index in [9.17, 15) is 22.4 Å². The molecule has 0 radical (unpaired) electrons. The Morgan fingerprint density at radius 1 is 1.26 bits per heavy atom. The number of carbonyl (C=O) groups excluding carboxylic acids is 1. The highest BCUT2D eigenvalue weighted by Gasteiger charge is 2.38. The molecule has 1 aliphatic carbocycles. The van der Waals surface area contributed by atoms with Gasteiger partial charge in [0.1, 0.15) is 18.1 Å². The third-order valence-electron chi connectivity index (χ3n) is 6.67. The number of halogens is 4. The molecule has 5 rings (SSSR count). The molecule has 3 aromatic rings. The Labute approximate surface area is 216 Å². The van der Waals surface area contributed by atoms with Gasteiger partial charge in [-0.2, -0.15) is 18.3 Å². The van der Waals surface area contributed by atoms with E-state index >= 15 is 0 Å². The number of amidine groups is 1. The van der Waals surface area contributed by atoms with E-state index in [2.05, 4.69) is 15.4 Å². The van der Waals surface area contributed by atoms with Crippen LogP contribution in [0.4, 0.5) is 17.6 Å². The van der Waals surface area contributed by atoms with Gasteiger partial charge in [0.15, 0.2) is 5.69 Å². The Balaban J connectivity index is 1.52. The van der Waals surface area contributed by atoms with Gasteiger partial charge in [-0.25, -0.2) is 9.37 Å². The summed E-state index contributed by atoms with van der Waals surface area (Å²) in [4.78, 5) is 19.4. The van der Waals surface area contributed by atoms with Gasteiger partial charge in [-0.05, 0) is 60.6 Å². The Kier molecular flexibility index (Phi) is 6.58. The van der Waals surface area contributed by atoms with Crippen molar-refractivity contribution < 1.29 is 27.1 Å². The molecular formula is C26H26F4N6O2. The second kappa shape index (κ2) is 9.73. The Bertz CT molecular complexity index is 1400. The predicted molar refractivity (Wildman–Crippen MR) is 130 cm³/mol. The van der Waals surface area contributed by atoms with Crippen LogP contribution in [0.3, 0.4) is 0 Å². The molecule has 3 heterocycles. The molecule has 2 aromatic heterocycles. The molecule has 1 aromatic carbocycles. The van der Waals surface area contributed by atoms with E-state index < -0.39 is 17.8 Å². The van der Waals surface area contributed by atoms with Crippen molar-refractivity contribution in [2.24, 2.45) is 13.0 Å². The average molecular weight is 531 g/mol. The van der Waals surface area contributed by atoms with Crippen LogP contribution in [0.2, 0.25) is 0 Å². The standard InChI is InChI=1S/C26H26F4N6O2/c1-14-9-17(5-6-19(14)27)22(16-3-4-16)33-24(37)21-11-15(12-36-7-8-38-25(36)31)10-20(32-21)18-13-35(2)34-23(18)26(28,29)30/h5-6,9-11,13,16,22,31H,3-4,7-8,12H2,1-2H3,(H,33,37)/t22-/m0/s1. The van der Waals surface area contributed by atoms with E-state index in [1.807, 2.05) is 0 Å². The third-order valence-corrected chi connectivity index (χ3v) is 6.67. The summed E-state index contributed by atoms with van der Waals surface area (Å²) in [5, 5.41) is 14.5. The molecule has 1 amide bonds. The van der Waals surface area contributed by atoms with Crippen LogP contribution in [0.25, 0.3) is 11.3 Å². The minimum atomic E-state index is -4.72. The van der Waals surface area contributed by atoms with Crippen molar-refractivity contribution in [3.05, 3.63) is 70.4 Å². The largest absolute Gasteiger partial charge is 0.463 e. The van der Waals surface area contributed by atoms with E-state index in [4.69, 9.17) is 10.1 Å². The second-order valence-electron chi connectivity index (χ2n) is 9.68. The normalized spacial score (nSPS) is 16.5. The molecule has 1 saturated heterocycles. The summed E-state index contributed by atoms with van der Waals surface area (Å²) in [6.07, 6.45) is -1.73. The molecule has 1 atom stereocenters. The Hall–Kier alpha value is -3.96. The molecule has 2 N–H and O–H groups in total. The summed E-state index contributed by atoms with van der Waals surface area (Å²) in [6.45, 7) is 2.56. The van der Waals surface area contributed by atoms with Crippen molar-refractivity contribution in [1.82, 2.24) is 25.0 Å². The van der Waals surface area contributed by atoms with Gasteiger partial charge in [-0.15, -0.1) is 0 Å². The molecule has 2 aliphatic rings. The first-order valence-corrected chi connectivity index (χ1v) is 12.1. The lowest BCUT2D eigenvalue weighted by molar-refractivity contribution is -0.141. The monoisotopic (exact) mass is 530 g/mol. The first-order valence-electron chi connectivity index (χ1n) is 12.1. The van der Waals surface area contributed by atoms with Gasteiger partial charge in [0.05, 0.1) is 23.8 Å². The van der Waals surface area contributed by atoms with Crippen molar-refractivity contribution in [2.45, 2.75) is 38.5 Å². The van der Waals surface area contributed by atoms with E-state index in [-0.39, 0.29) is 47.3 Å². The first-order chi connectivity index (χ1) is 18.0. The van der Waals surface area contributed by atoms with Crippen molar-refractivity contribution in [2.75, 3.05) is 13.2 Å². The van der Waals surface area contributed by atoms with E-state index in [0.717, 1.165) is 23.1 Å². The zero-order valence-corrected chi connectivity index (χ0v) is 20.8. The van der Waals surface area contributed by atoms with Crippen molar-refractivity contribution in [3.8, 4) is 11.3 Å². The van der Waals surface area contributed by atoms with Gasteiger partial charge in [0.2, 0.25) is 0 Å². The van der Waals surface area contributed by atoms with E-state index in [0.29, 0.717) is 24.3 Å². The molecule has 1 saturated carbocycles. The Morgan fingerprint density at radius 2 is 2.03 bits per heavy atom. The Morgan fingerprint density at radius 3 is 2.66 bits per heavy atom. The van der Waals surface area contributed by atoms with Gasteiger partial charge in [-0.3, -0.25) is 14.9 Å². The van der Waals surface area contributed by atoms with Crippen LogP contribution in [0.5, 0.6) is 0 Å². The summed E-state index contributed by atoms with van der Waals surface area (Å²) in [7, 11) is 1.38. The predicted octanol–water partition coefficient (Wildman–Crippen LogP) is 4.60. The maximum atomic E-state index is 13.9. The average Bonchev–Trinajstić information content (AvgIpc) is 3.50. The number of amides is 1.